The Hall–Kier alpha value is -2.24. The van der Waals surface area contributed by atoms with E-state index in [4.69, 9.17) is 0 Å². The summed E-state index contributed by atoms with van der Waals surface area (Å²) in [5.74, 6) is -0.792. The van der Waals surface area contributed by atoms with Crippen LogP contribution in [0, 0.1) is 0 Å². The van der Waals surface area contributed by atoms with Crippen molar-refractivity contribution in [3.8, 4) is 5.75 Å². The first kappa shape index (κ1) is 13.2. The number of imide groups is 1. The van der Waals surface area contributed by atoms with E-state index in [2.05, 4.69) is 10.1 Å². The molecular weight excluding hydrogens is 256 g/mol. The summed E-state index contributed by atoms with van der Waals surface area (Å²) in [4.78, 5) is 22.6. The van der Waals surface area contributed by atoms with E-state index >= 15 is 0 Å². The Labute approximate surface area is 108 Å². The predicted octanol–water partition coefficient (Wildman–Crippen LogP) is 2.11. The van der Waals surface area contributed by atoms with Gasteiger partial charge in [0.15, 0.2) is 0 Å². The summed E-state index contributed by atoms with van der Waals surface area (Å²) in [7, 11) is 0. The molecule has 4 nitrogen and oxygen atoms in total. The van der Waals surface area contributed by atoms with Crippen molar-refractivity contribution in [3.63, 3.8) is 0 Å². The fraction of sp³-hybridized carbons (Fsp3) is 0.231. The Balaban J connectivity index is 2.34. The molecule has 0 spiro atoms. The minimum Gasteiger partial charge on any atom is -0.435 e. The molecule has 0 bridgehead atoms. The van der Waals surface area contributed by atoms with Crippen LogP contribution in [0.15, 0.2) is 29.8 Å². The van der Waals surface area contributed by atoms with E-state index in [-0.39, 0.29) is 18.1 Å². The third kappa shape index (κ3) is 2.96. The molecule has 1 aromatic rings. The highest BCUT2D eigenvalue weighted by Gasteiger charge is 2.26. The number of rotatable bonds is 3. The molecule has 1 heterocycles. The van der Waals surface area contributed by atoms with Gasteiger partial charge in [0, 0.05) is 5.57 Å². The highest BCUT2D eigenvalue weighted by Crippen LogP contribution is 2.26. The quantitative estimate of drug-likeness (QED) is 0.674. The smallest absolute Gasteiger partial charge is 0.387 e. The van der Waals surface area contributed by atoms with Crippen LogP contribution < -0.4 is 10.1 Å². The molecule has 2 amide bonds. The van der Waals surface area contributed by atoms with Crippen molar-refractivity contribution in [2.24, 2.45) is 0 Å². The van der Waals surface area contributed by atoms with Gasteiger partial charge in [-0.25, -0.2) is 0 Å². The monoisotopic (exact) mass is 267 g/mol. The van der Waals surface area contributed by atoms with Gasteiger partial charge in [0.05, 0.1) is 6.42 Å². The number of amides is 2. The van der Waals surface area contributed by atoms with Crippen molar-refractivity contribution in [1.29, 1.82) is 0 Å². The molecule has 1 N–H and O–H groups in total. The van der Waals surface area contributed by atoms with Gasteiger partial charge in [0.25, 0.3) is 5.91 Å². The number of benzene rings is 1. The van der Waals surface area contributed by atoms with Gasteiger partial charge in [0.1, 0.15) is 5.75 Å². The molecule has 1 aliphatic rings. The number of hydrogen-bond donors (Lipinski definition) is 1. The maximum atomic E-state index is 12.1. The van der Waals surface area contributed by atoms with E-state index in [0.717, 1.165) is 0 Å². The number of ether oxygens (including phenoxy) is 1. The fourth-order valence-electron chi connectivity index (χ4n) is 1.87. The maximum absolute atomic E-state index is 12.1. The Morgan fingerprint density at radius 2 is 2.11 bits per heavy atom. The highest BCUT2D eigenvalue weighted by atomic mass is 19.3. The van der Waals surface area contributed by atoms with E-state index in [1.807, 2.05) is 0 Å². The highest BCUT2D eigenvalue weighted by molar-refractivity contribution is 6.17. The van der Waals surface area contributed by atoms with Crippen LogP contribution in [0.1, 0.15) is 18.9 Å². The molecule has 0 aliphatic carbocycles. The molecular formula is C13H11F2NO3. The summed E-state index contributed by atoms with van der Waals surface area (Å²) in [6.45, 7) is -1.24. The van der Waals surface area contributed by atoms with Crippen LogP contribution in [-0.2, 0) is 9.59 Å². The molecule has 1 aliphatic heterocycles. The first-order chi connectivity index (χ1) is 8.97. The van der Waals surface area contributed by atoms with Crippen LogP contribution in [0.5, 0.6) is 5.75 Å². The van der Waals surface area contributed by atoms with Crippen molar-refractivity contribution in [2.45, 2.75) is 20.0 Å². The van der Waals surface area contributed by atoms with Gasteiger partial charge in [-0.3, -0.25) is 14.9 Å². The molecule has 0 unspecified atom stereocenters. The molecule has 1 saturated heterocycles. The Morgan fingerprint density at radius 1 is 1.37 bits per heavy atom. The topological polar surface area (TPSA) is 55.4 Å². The van der Waals surface area contributed by atoms with Crippen molar-refractivity contribution in [2.75, 3.05) is 0 Å². The zero-order valence-corrected chi connectivity index (χ0v) is 10.1. The normalized spacial score (nSPS) is 17.7. The Bertz CT molecular complexity index is 567. The lowest BCUT2D eigenvalue weighted by Gasteiger charge is -2.08. The van der Waals surface area contributed by atoms with Gasteiger partial charge in [-0.1, -0.05) is 12.1 Å². The van der Waals surface area contributed by atoms with Crippen LogP contribution in [0.2, 0.25) is 0 Å². The zero-order valence-electron chi connectivity index (χ0n) is 10.1. The third-order valence-electron chi connectivity index (χ3n) is 2.81. The van der Waals surface area contributed by atoms with Crippen molar-refractivity contribution >= 4 is 17.4 Å². The second-order valence-electron chi connectivity index (χ2n) is 4.06. The predicted molar refractivity (Wildman–Crippen MR) is 63.4 cm³/mol. The molecule has 19 heavy (non-hydrogen) atoms. The number of halogens is 2. The summed E-state index contributed by atoms with van der Waals surface area (Å²) in [6.07, 6.45) is 0.00456. The molecule has 0 saturated carbocycles. The molecule has 6 heteroatoms. The lowest BCUT2D eigenvalue weighted by Crippen LogP contribution is -2.19. The fourth-order valence-corrected chi connectivity index (χ4v) is 1.87. The molecule has 0 radical (unpaired) electrons. The van der Waals surface area contributed by atoms with Crippen molar-refractivity contribution in [1.82, 2.24) is 5.32 Å². The van der Waals surface area contributed by atoms with Gasteiger partial charge in [0.2, 0.25) is 5.91 Å². The van der Waals surface area contributed by atoms with Gasteiger partial charge in [-0.05, 0) is 30.2 Å². The van der Waals surface area contributed by atoms with Gasteiger partial charge < -0.3 is 4.74 Å². The second-order valence-corrected chi connectivity index (χ2v) is 4.06. The number of allylic oxidation sites excluding steroid dienone is 1. The van der Waals surface area contributed by atoms with Crippen molar-refractivity contribution in [3.05, 3.63) is 35.4 Å². The number of nitrogens with one attached hydrogen (secondary N) is 1. The number of carbonyl (C=O) groups is 2. The van der Waals surface area contributed by atoms with Crippen LogP contribution in [0.3, 0.4) is 0 Å². The Kier molecular flexibility index (Phi) is 3.59. The summed E-state index contributed by atoms with van der Waals surface area (Å²) >= 11 is 0. The van der Waals surface area contributed by atoms with Gasteiger partial charge in [-0.15, -0.1) is 0 Å². The average molecular weight is 267 g/mol. The molecule has 1 aromatic carbocycles. The van der Waals surface area contributed by atoms with Crippen LogP contribution in [0.4, 0.5) is 8.78 Å². The molecule has 0 atom stereocenters. The minimum atomic E-state index is -2.90. The molecule has 100 valence electrons. The van der Waals surface area contributed by atoms with Crippen LogP contribution in [-0.4, -0.2) is 18.4 Å². The summed E-state index contributed by atoms with van der Waals surface area (Å²) < 4.78 is 28.5. The van der Waals surface area contributed by atoms with Gasteiger partial charge >= 0.3 is 6.61 Å². The summed E-state index contributed by atoms with van der Waals surface area (Å²) in [6, 6.07) is 6.01. The Morgan fingerprint density at radius 3 is 2.68 bits per heavy atom. The van der Waals surface area contributed by atoms with Crippen LogP contribution >= 0.6 is 0 Å². The average Bonchev–Trinajstić information content (AvgIpc) is 2.67. The summed E-state index contributed by atoms with van der Waals surface area (Å²) in [5, 5.41) is 2.18. The van der Waals surface area contributed by atoms with Crippen LogP contribution in [0.25, 0.3) is 5.57 Å². The maximum Gasteiger partial charge on any atom is 0.387 e. The first-order valence-electron chi connectivity index (χ1n) is 5.56. The van der Waals surface area contributed by atoms with E-state index in [0.29, 0.717) is 16.7 Å². The van der Waals surface area contributed by atoms with Gasteiger partial charge in [-0.2, -0.15) is 8.78 Å². The molecule has 2 rings (SSSR count). The SMILES string of the molecule is CC(=C1CC(=O)NC1=O)c1cccc(OC(F)F)c1. The minimum absolute atomic E-state index is 0.00456. The second kappa shape index (κ2) is 5.17. The lowest BCUT2D eigenvalue weighted by atomic mass is 10.0. The molecule has 1 fully saturated rings. The van der Waals surface area contributed by atoms with E-state index in [1.165, 1.54) is 12.1 Å². The standard InChI is InChI=1S/C13H11F2NO3/c1-7(10-6-11(17)16-12(10)18)8-3-2-4-9(5-8)19-13(14)15/h2-5,13H,6H2,1H3,(H,16,17,18). The zero-order chi connectivity index (χ0) is 14.0. The number of hydrogen-bond acceptors (Lipinski definition) is 3. The van der Waals surface area contributed by atoms with E-state index < -0.39 is 12.5 Å². The molecule has 0 aromatic heterocycles. The van der Waals surface area contributed by atoms with E-state index in [9.17, 15) is 18.4 Å². The van der Waals surface area contributed by atoms with E-state index in [1.54, 1.807) is 19.1 Å². The third-order valence-corrected chi connectivity index (χ3v) is 2.81. The summed E-state index contributed by atoms with van der Waals surface area (Å²) in [5.41, 5.74) is 1.49. The number of carbonyl (C=O) groups excluding carboxylic acids is 2. The largest absolute Gasteiger partial charge is 0.435 e. The lowest BCUT2D eigenvalue weighted by molar-refractivity contribution is -0.124. The number of alkyl halides is 2. The first-order valence-corrected chi connectivity index (χ1v) is 5.56. The van der Waals surface area contributed by atoms with Crippen molar-refractivity contribution < 1.29 is 23.1 Å².